The maximum Gasteiger partial charge on any atom is 0.306 e. The van der Waals surface area contributed by atoms with Crippen molar-refractivity contribution in [2.75, 3.05) is 26.3 Å². The second kappa shape index (κ2) is 6.17. The van der Waals surface area contributed by atoms with E-state index in [-0.39, 0.29) is 19.1 Å². The topological polar surface area (TPSA) is 95.9 Å². The molecule has 0 atom stereocenters. The number of carboxylic acids is 1. The zero-order valence-electron chi connectivity index (χ0n) is 10.7. The highest BCUT2D eigenvalue weighted by Gasteiger charge is 2.32. The predicted molar refractivity (Wildman–Crippen MR) is 67.8 cm³/mol. The Hall–Kier alpha value is -0.700. The third-order valence-electron chi connectivity index (χ3n) is 3.68. The number of hydrogen-bond donors (Lipinski definition) is 2. The number of rotatable bonds is 4. The molecule has 0 aromatic carbocycles. The molecule has 2 saturated heterocycles. The molecule has 0 amide bonds. The minimum atomic E-state index is -3.50. The van der Waals surface area contributed by atoms with Gasteiger partial charge in [-0.1, -0.05) is 0 Å². The average Bonchev–Trinajstić information content (AvgIpc) is 2.39. The Bertz CT molecular complexity index is 411. The first-order valence-corrected chi connectivity index (χ1v) is 8.01. The molecule has 8 heteroatoms. The lowest BCUT2D eigenvalue weighted by molar-refractivity contribution is -0.142. The van der Waals surface area contributed by atoms with Crippen molar-refractivity contribution in [1.82, 2.24) is 9.03 Å². The highest BCUT2D eigenvalue weighted by molar-refractivity contribution is 7.87. The molecule has 19 heavy (non-hydrogen) atoms. The number of carboxylic acid groups (broad SMARTS) is 1. The summed E-state index contributed by atoms with van der Waals surface area (Å²) < 4.78 is 33.5. The Morgan fingerprint density at radius 1 is 1.16 bits per heavy atom. The van der Waals surface area contributed by atoms with Crippen LogP contribution < -0.4 is 4.72 Å². The standard InChI is InChI=1S/C11H20N2O5S/c14-11(15)9-1-5-13(6-2-9)19(16,17)12-10-3-7-18-8-4-10/h9-10,12H,1-8H2,(H,14,15). The Kier molecular flexibility index (Phi) is 4.77. The van der Waals surface area contributed by atoms with Gasteiger partial charge < -0.3 is 9.84 Å². The lowest BCUT2D eigenvalue weighted by Crippen LogP contribution is -2.50. The van der Waals surface area contributed by atoms with Gasteiger partial charge in [0.2, 0.25) is 0 Å². The van der Waals surface area contributed by atoms with Crippen LogP contribution in [0, 0.1) is 5.92 Å². The molecule has 2 aliphatic rings. The predicted octanol–water partition coefficient (Wildman–Crippen LogP) is -0.204. The zero-order valence-corrected chi connectivity index (χ0v) is 11.6. The molecule has 2 aliphatic heterocycles. The fraction of sp³-hybridized carbons (Fsp3) is 0.909. The summed E-state index contributed by atoms with van der Waals surface area (Å²) in [5.41, 5.74) is 0. The fourth-order valence-corrected chi connectivity index (χ4v) is 3.94. The minimum absolute atomic E-state index is 0.0732. The number of nitrogens with zero attached hydrogens (tertiary/aromatic N) is 1. The molecule has 0 aromatic heterocycles. The Balaban J connectivity index is 1.88. The number of carbonyl (C=O) groups is 1. The first-order valence-electron chi connectivity index (χ1n) is 6.57. The molecule has 0 bridgehead atoms. The van der Waals surface area contributed by atoms with E-state index in [2.05, 4.69) is 4.72 Å². The fourth-order valence-electron chi connectivity index (χ4n) is 2.44. The third kappa shape index (κ3) is 3.88. The molecule has 0 unspecified atom stereocenters. The van der Waals surface area contributed by atoms with Crippen LogP contribution in [-0.2, 0) is 19.7 Å². The van der Waals surface area contributed by atoms with E-state index in [1.807, 2.05) is 0 Å². The number of nitrogens with one attached hydrogen (secondary N) is 1. The van der Waals surface area contributed by atoms with Gasteiger partial charge in [-0.05, 0) is 25.7 Å². The Labute approximate surface area is 113 Å². The van der Waals surface area contributed by atoms with Gasteiger partial charge in [0, 0.05) is 32.3 Å². The average molecular weight is 292 g/mol. The van der Waals surface area contributed by atoms with Gasteiger partial charge in [-0.3, -0.25) is 4.79 Å². The summed E-state index contributed by atoms with van der Waals surface area (Å²) in [6.45, 7) is 1.70. The van der Waals surface area contributed by atoms with Crippen molar-refractivity contribution < 1.29 is 23.1 Å². The van der Waals surface area contributed by atoms with Crippen LogP contribution in [0.25, 0.3) is 0 Å². The smallest absolute Gasteiger partial charge is 0.306 e. The summed E-state index contributed by atoms with van der Waals surface area (Å²) in [5, 5.41) is 8.89. The summed E-state index contributed by atoms with van der Waals surface area (Å²) in [4.78, 5) is 10.8. The van der Waals surface area contributed by atoms with Crippen LogP contribution in [0.15, 0.2) is 0 Å². The summed E-state index contributed by atoms with van der Waals surface area (Å²) in [5.74, 6) is -1.26. The Morgan fingerprint density at radius 3 is 2.26 bits per heavy atom. The van der Waals surface area contributed by atoms with Gasteiger partial charge in [-0.2, -0.15) is 17.4 Å². The van der Waals surface area contributed by atoms with Crippen molar-refractivity contribution in [3.05, 3.63) is 0 Å². The van der Waals surface area contributed by atoms with E-state index < -0.39 is 22.1 Å². The summed E-state index contributed by atoms with van der Waals surface area (Å²) >= 11 is 0. The molecule has 2 fully saturated rings. The quantitative estimate of drug-likeness (QED) is 0.748. The molecule has 2 N–H and O–H groups in total. The van der Waals surface area contributed by atoms with E-state index in [1.54, 1.807) is 0 Å². The van der Waals surface area contributed by atoms with Crippen molar-refractivity contribution in [2.24, 2.45) is 5.92 Å². The lowest BCUT2D eigenvalue weighted by Gasteiger charge is -2.31. The third-order valence-corrected chi connectivity index (χ3v) is 5.36. The summed E-state index contributed by atoms with van der Waals surface area (Å²) in [6, 6.07) is -0.0732. The molecule has 2 heterocycles. The number of ether oxygens (including phenoxy) is 1. The van der Waals surface area contributed by atoms with Crippen molar-refractivity contribution in [3.8, 4) is 0 Å². The maximum atomic E-state index is 12.2. The molecular weight excluding hydrogens is 272 g/mol. The van der Waals surface area contributed by atoms with Gasteiger partial charge >= 0.3 is 5.97 Å². The molecule has 0 spiro atoms. The van der Waals surface area contributed by atoms with E-state index in [4.69, 9.17) is 9.84 Å². The van der Waals surface area contributed by atoms with Gasteiger partial charge in [-0.15, -0.1) is 0 Å². The molecule has 0 radical (unpaired) electrons. The van der Waals surface area contributed by atoms with Crippen molar-refractivity contribution in [2.45, 2.75) is 31.7 Å². The van der Waals surface area contributed by atoms with Gasteiger partial charge in [0.15, 0.2) is 0 Å². The monoisotopic (exact) mass is 292 g/mol. The maximum absolute atomic E-state index is 12.2. The summed E-state index contributed by atoms with van der Waals surface area (Å²) in [6.07, 6.45) is 2.13. The molecule has 7 nitrogen and oxygen atoms in total. The minimum Gasteiger partial charge on any atom is -0.481 e. The van der Waals surface area contributed by atoms with Crippen LogP contribution in [0.3, 0.4) is 0 Å². The van der Waals surface area contributed by atoms with E-state index in [1.165, 1.54) is 4.31 Å². The van der Waals surface area contributed by atoms with Crippen LogP contribution in [0.5, 0.6) is 0 Å². The SMILES string of the molecule is O=C(O)C1CCN(S(=O)(=O)NC2CCOCC2)CC1. The lowest BCUT2D eigenvalue weighted by atomic mass is 9.99. The summed E-state index contributed by atoms with van der Waals surface area (Å²) in [7, 11) is -3.50. The zero-order chi connectivity index (χ0) is 13.9. The molecular formula is C11H20N2O5S. The Morgan fingerprint density at radius 2 is 1.74 bits per heavy atom. The number of hydrogen-bond acceptors (Lipinski definition) is 4. The number of piperidine rings is 1. The van der Waals surface area contributed by atoms with Gasteiger partial charge in [0.25, 0.3) is 10.2 Å². The normalized spacial score (nSPS) is 24.4. The van der Waals surface area contributed by atoms with Crippen LogP contribution >= 0.6 is 0 Å². The second-order valence-corrected chi connectivity index (χ2v) is 6.72. The van der Waals surface area contributed by atoms with Crippen LogP contribution in [-0.4, -0.2) is 56.1 Å². The highest BCUT2D eigenvalue weighted by Crippen LogP contribution is 2.20. The van der Waals surface area contributed by atoms with E-state index in [0.717, 1.165) is 0 Å². The van der Waals surface area contributed by atoms with E-state index >= 15 is 0 Å². The van der Waals surface area contributed by atoms with Crippen molar-refractivity contribution >= 4 is 16.2 Å². The van der Waals surface area contributed by atoms with E-state index in [9.17, 15) is 13.2 Å². The number of aliphatic carboxylic acids is 1. The van der Waals surface area contributed by atoms with Crippen molar-refractivity contribution in [1.29, 1.82) is 0 Å². The van der Waals surface area contributed by atoms with Crippen LogP contribution in [0.1, 0.15) is 25.7 Å². The highest BCUT2D eigenvalue weighted by atomic mass is 32.2. The first kappa shape index (κ1) is 14.7. The molecule has 0 aliphatic carbocycles. The second-order valence-electron chi connectivity index (χ2n) is 5.02. The van der Waals surface area contributed by atoms with Crippen LogP contribution in [0.4, 0.5) is 0 Å². The molecule has 0 saturated carbocycles. The van der Waals surface area contributed by atoms with Gasteiger partial charge in [0.05, 0.1) is 5.92 Å². The van der Waals surface area contributed by atoms with E-state index in [0.29, 0.717) is 38.9 Å². The van der Waals surface area contributed by atoms with Crippen LogP contribution in [0.2, 0.25) is 0 Å². The van der Waals surface area contributed by atoms with Crippen molar-refractivity contribution in [3.63, 3.8) is 0 Å². The molecule has 2 rings (SSSR count). The first-order chi connectivity index (χ1) is 8.99. The van der Waals surface area contributed by atoms with Gasteiger partial charge in [0.1, 0.15) is 0 Å². The largest absolute Gasteiger partial charge is 0.481 e. The van der Waals surface area contributed by atoms with Gasteiger partial charge in [-0.25, -0.2) is 0 Å². The molecule has 110 valence electrons. The molecule has 0 aromatic rings.